The van der Waals surface area contributed by atoms with Crippen molar-refractivity contribution in [3.8, 4) is 5.75 Å². The number of aliphatic hydroxyl groups is 1. The Kier molecular flexibility index (Phi) is 5.19. The zero-order valence-electron chi connectivity index (χ0n) is 11.6. The highest BCUT2D eigenvalue weighted by atomic mass is 16.5. The van der Waals surface area contributed by atoms with Crippen molar-refractivity contribution >= 4 is 0 Å². The highest BCUT2D eigenvalue weighted by molar-refractivity contribution is 5.30. The zero-order chi connectivity index (χ0) is 13.7. The number of benzene rings is 1. The van der Waals surface area contributed by atoms with Gasteiger partial charge in [-0.3, -0.25) is 0 Å². The molecule has 0 amide bonds. The van der Waals surface area contributed by atoms with E-state index < -0.39 is 6.10 Å². The molecule has 1 aliphatic rings. The Balaban J connectivity index is 1.91. The number of aliphatic hydroxyl groups excluding tert-OH is 1. The molecule has 0 aromatic heterocycles. The Hall–Kier alpha value is -1.10. The number of ether oxygens (including phenoxy) is 1. The fourth-order valence-corrected chi connectivity index (χ4v) is 2.52. The topological polar surface area (TPSA) is 58.7 Å². The van der Waals surface area contributed by atoms with Crippen LogP contribution in [0.5, 0.6) is 5.75 Å². The first-order valence-corrected chi connectivity index (χ1v) is 7.02. The van der Waals surface area contributed by atoms with Crippen LogP contribution in [0, 0.1) is 0 Å². The first-order valence-electron chi connectivity index (χ1n) is 7.02. The Bertz CT molecular complexity index is 397. The average molecular weight is 264 g/mol. The van der Waals surface area contributed by atoms with Crippen LogP contribution in [0.3, 0.4) is 0 Å². The smallest absolute Gasteiger partial charge is 0.119 e. The van der Waals surface area contributed by atoms with Crippen LogP contribution in [-0.2, 0) is 0 Å². The highest BCUT2D eigenvalue weighted by Gasteiger charge is 2.21. The number of rotatable bonds is 6. The lowest BCUT2D eigenvalue weighted by Gasteiger charge is -2.20. The molecule has 1 aliphatic heterocycles. The molecule has 0 bridgehead atoms. The van der Waals surface area contributed by atoms with Crippen molar-refractivity contribution in [3.05, 3.63) is 29.8 Å². The standard InChI is InChI=1S/C15H24N2O2/c1-17-9-3-5-13(17)11-19-14-6-2-4-12(10-14)15(18)7-8-16/h2,4,6,10,13,15,18H,3,5,7-9,11,16H2,1H3/t13?,15-/m1/s1. The molecule has 0 radical (unpaired) electrons. The maximum absolute atomic E-state index is 9.92. The van der Waals surface area contributed by atoms with Crippen LogP contribution in [0.1, 0.15) is 30.9 Å². The van der Waals surface area contributed by atoms with E-state index in [0.29, 0.717) is 25.6 Å². The third-order valence-electron chi connectivity index (χ3n) is 3.80. The van der Waals surface area contributed by atoms with Crippen LogP contribution < -0.4 is 10.5 Å². The van der Waals surface area contributed by atoms with E-state index in [1.807, 2.05) is 24.3 Å². The second-order valence-corrected chi connectivity index (χ2v) is 5.25. The summed E-state index contributed by atoms with van der Waals surface area (Å²) in [7, 11) is 2.14. The third-order valence-corrected chi connectivity index (χ3v) is 3.80. The van der Waals surface area contributed by atoms with Gasteiger partial charge in [0, 0.05) is 6.04 Å². The molecule has 4 heteroatoms. The zero-order valence-corrected chi connectivity index (χ0v) is 11.6. The molecule has 0 saturated carbocycles. The average Bonchev–Trinajstić information content (AvgIpc) is 2.82. The van der Waals surface area contributed by atoms with Gasteiger partial charge in [0.1, 0.15) is 12.4 Å². The molecule has 3 N–H and O–H groups in total. The molecule has 106 valence electrons. The van der Waals surface area contributed by atoms with Crippen LogP contribution in [-0.4, -0.2) is 42.8 Å². The predicted molar refractivity (Wildman–Crippen MR) is 76.2 cm³/mol. The van der Waals surface area contributed by atoms with Crippen LogP contribution in [0.4, 0.5) is 0 Å². The molecule has 1 aromatic rings. The van der Waals surface area contributed by atoms with Gasteiger partial charge in [-0.1, -0.05) is 12.1 Å². The summed E-state index contributed by atoms with van der Waals surface area (Å²) in [5, 5.41) is 9.92. The van der Waals surface area contributed by atoms with Gasteiger partial charge < -0.3 is 20.5 Å². The molecule has 4 nitrogen and oxygen atoms in total. The van der Waals surface area contributed by atoms with Gasteiger partial charge in [-0.05, 0) is 57.1 Å². The SMILES string of the molecule is CN1CCCC1COc1cccc([C@H](O)CCN)c1. The Morgan fingerprint density at radius 1 is 1.53 bits per heavy atom. The summed E-state index contributed by atoms with van der Waals surface area (Å²) in [6, 6.07) is 8.19. The fourth-order valence-electron chi connectivity index (χ4n) is 2.52. The summed E-state index contributed by atoms with van der Waals surface area (Å²) in [5.74, 6) is 0.828. The van der Waals surface area contributed by atoms with Crippen molar-refractivity contribution in [2.75, 3.05) is 26.7 Å². The first-order chi connectivity index (χ1) is 9.20. The minimum absolute atomic E-state index is 0.485. The fraction of sp³-hybridized carbons (Fsp3) is 0.600. The van der Waals surface area contributed by atoms with E-state index in [1.54, 1.807) is 0 Å². The van der Waals surface area contributed by atoms with Gasteiger partial charge in [0.2, 0.25) is 0 Å². The Labute approximate surface area is 115 Å². The lowest BCUT2D eigenvalue weighted by atomic mass is 10.1. The molecule has 1 fully saturated rings. The van der Waals surface area contributed by atoms with Gasteiger partial charge >= 0.3 is 0 Å². The van der Waals surface area contributed by atoms with E-state index in [9.17, 15) is 5.11 Å². The molecule has 1 unspecified atom stereocenters. The highest BCUT2D eigenvalue weighted by Crippen LogP contribution is 2.22. The molecule has 19 heavy (non-hydrogen) atoms. The van der Waals surface area contributed by atoms with E-state index in [-0.39, 0.29) is 0 Å². The minimum atomic E-state index is -0.497. The minimum Gasteiger partial charge on any atom is -0.492 e. The van der Waals surface area contributed by atoms with Gasteiger partial charge in [-0.2, -0.15) is 0 Å². The summed E-state index contributed by atoms with van der Waals surface area (Å²) in [5.41, 5.74) is 6.34. The number of hydrogen-bond donors (Lipinski definition) is 2. The molecule has 2 rings (SSSR count). The molecule has 2 atom stereocenters. The third kappa shape index (κ3) is 3.93. The van der Waals surface area contributed by atoms with Crippen LogP contribution >= 0.6 is 0 Å². The number of likely N-dealkylation sites (tertiary alicyclic amines) is 1. The molecule has 1 saturated heterocycles. The van der Waals surface area contributed by atoms with Gasteiger partial charge in [0.25, 0.3) is 0 Å². The monoisotopic (exact) mass is 264 g/mol. The second kappa shape index (κ2) is 6.89. The van der Waals surface area contributed by atoms with Crippen LogP contribution in [0.25, 0.3) is 0 Å². The first kappa shape index (κ1) is 14.3. The Morgan fingerprint density at radius 2 is 2.37 bits per heavy atom. The summed E-state index contributed by atoms with van der Waals surface area (Å²) in [4.78, 5) is 2.34. The van der Waals surface area contributed by atoms with Crippen molar-refractivity contribution in [2.45, 2.75) is 31.4 Å². The van der Waals surface area contributed by atoms with E-state index in [1.165, 1.54) is 12.8 Å². The quantitative estimate of drug-likeness (QED) is 0.818. The van der Waals surface area contributed by atoms with Crippen LogP contribution in [0.2, 0.25) is 0 Å². The van der Waals surface area contributed by atoms with Crippen molar-refractivity contribution in [1.82, 2.24) is 4.90 Å². The molecule has 1 heterocycles. The van der Waals surface area contributed by atoms with Crippen molar-refractivity contribution in [2.24, 2.45) is 5.73 Å². The molecule has 0 spiro atoms. The summed E-state index contributed by atoms with van der Waals surface area (Å²) >= 11 is 0. The number of nitrogens with zero attached hydrogens (tertiary/aromatic N) is 1. The maximum atomic E-state index is 9.92. The predicted octanol–water partition coefficient (Wildman–Crippen LogP) is 1.54. The summed E-state index contributed by atoms with van der Waals surface area (Å²) in [6.45, 7) is 2.36. The van der Waals surface area contributed by atoms with Gasteiger partial charge in [-0.25, -0.2) is 0 Å². The van der Waals surface area contributed by atoms with Crippen molar-refractivity contribution < 1.29 is 9.84 Å². The molecular formula is C15H24N2O2. The summed E-state index contributed by atoms with van der Waals surface area (Å²) < 4.78 is 5.85. The molecule has 0 aliphatic carbocycles. The molecule has 1 aromatic carbocycles. The van der Waals surface area contributed by atoms with Crippen LogP contribution in [0.15, 0.2) is 24.3 Å². The van der Waals surface area contributed by atoms with Gasteiger partial charge in [0.15, 0.2) is 0 Å². The number of nitrogens with two attached hydrogens (primary N) is 1. The van der Waals surface area contributed by atoms with E-state index in [2.05, 4.69) is 11.9 Å². The largest absolute Gasteiger partial charge is 0.492 e. The maximum Gasteiger partial charge on any atom is 0.119 e. The molecular weight excluding hydrogens is 240 g/mol. The second-order valence-electron chi connectivity index (χ2n) is 5.25. The lowest BCUT2D eigenvalue weighted by molar-refractivity contribution is 0.168. The van der Waals surface area contributed by atoms with Crippen molar-refractivity contribution in [3.63, 3.8) is 0 Å². The van der Waals surface area contributed by atoms with Gasteiger partial charge in [-0.15, -0.1) is 0 Å². The van der Waals surface area contributed by atoms with Crippen molar-refractivity contribution in [1.29, 1.82) is 0 Å². The number of hydrogen-bond acceptors (Lipinski definition) is 4. The van der Waals surface area contributed by atoms with E-state index in [4.69, 9.17) is 10.5 Å². The lowest BCUT2D eigenvalue weighted by Crippen LogP contribution is -2.30. The number of likely N-dealkylation sites (N-methyl/N-ethyl adjacent to an activating group) is 1. The van der Waals surface area contributed by atoms with E-state index in [0.717, 1.165) is 17.9 Å². The Morgan fingerprint density at radius 3 is 3.05 bits per heavy atom. The summed E-state index contributed by atoms with van der Waals surface area (Å²) in [6.07, 6.45) is 2.53. The van der Waals surface area contributed by atoms with Gasteiger partial charge in [0.05, 0.1) is 6.10 Å². The van der Waals surface area contributed by atoms with E-state index >= 15 is 0 Å². The normalized spacial score (nSPS) is 21.5.